The summed E-state index contributed by atoms with van der Waals surface area (Å²) in [6, 6.07) is 0. The molecule has 21 heavy (non-hydrogen) atoms. The van der Waals surface area contributed by atoms with E-state index in [0.717, 1.165) is 58.5 Å². The van der Waals surface area contributed by atoms with Crippen molar-refractivity contribution in [1.82, 2.24) is 15.1 Å². The van der Waals surface area contributed by atoms with Crippen molar-refractivity contribution in [2.45, 2.75) is 32.6 Å². The Bertz CT molecular complexity index is 398. The van der Waals surface area contributed by atoms with Crippen molar-refractivity contribution in [3.05, 3.63) is 0 Å². The number of carbonyl (C=O) groups excluding carboxylic acids is 2. The number of amides is 2. The van der Waals surface area contributed by atoms with E-state index in [1.165, 1.54) is 6.42 Å². The summed E-state index contributed by atoms with van der Waals surface area (Å²) in [4.78, 5) is 28.3. The van der Waals surface area contributed by atoms with Gasteiger partial charge in [-0.2, -0.15) is 0 Å². The van der Waals surface area contributed by atoms with Crippen LogP contribution in [0.4, 0.5) is 0 Å². The van der Waals surface area contributed by atoms with E-state index in [9.17, 15) is 9.59 Å². The number of hydrogen-bond acceptors (Lipinski definition) is 3. The Morgan fingerprint density at radius 1 is 1.14 bits per heavy atom. The Morgan fingerprint density at radius 3 is 2.33 bits per heavy atom. The first kappa shape index (κ1) is 14.8. The van der Waals surface area contributed by atoms with Crippen LogP contribution in [0, 0.1) is 17.8 Å². The van der Waals surface area contributed by atoms with E-state index in [2.05, 4.69) is 17.1 Å². The minimum atomic E-state index is 0.234. The maximum absolute atomic E-state index is 12.1. The molecular weight excluding hydrogens is 266 g/mol. The lowest BCUT2D eigenvalue weighted by atomic mass is 9.85. The molecule has 2 saturated carbocycles. The Morgan fingerprint density at radius 2 is 1.81 bits per heavy atom. The van der Waals surface area contributed by atoms with E-state index in [1.54, 1.807) is 0 Å². The van der Waals surface area contributed by atoms with Gasteiger partial charge in [0.05, 0.1) is 0 Å². The van der Waals surface area contributed by atoms with Gasteiger partial charge in [0.25, 0.3) is 0 Å². The fraction of sp³-hybridized carbons (Fsp3) is 0.875. The number of nitrogens with zero attached hydrogens (tertiary/aromatic N) is 2. The Labute approximate surface area is 127 Å². The molecule has 0 unspecified atom stereocenters. The van der Waals surface area contributed by atoms with Crippen LogP contribution in [0.5, 0.6) is 0 Å². The maximum atomic E-state index is 12.1. The molecule has 118 valence electrons. The summed E-state index contributed by atoms with van der Waals surface area (Å²) in [5.74, 6) is 1.77. The van der Waals surface area contributed by atoms with E-state index >= 15 is 0 Å². The molecule has 1 heterocycles. The lowest BCUT2D eigenvalue weighted by Gasteiger charge is -2.35. The topological polar surface area (TPSA) is 52.7 Å². The molecule has 3 rings (SSSR count). The average molecular weight is 293 g/mol. The summed E-state index contributed by atoms with van der Waals surface area (Å²) in [7, 11) is 0. The lowest BCUT2D eigenvalue weighted by Crippen LogP contribution is -2.51. The molecule has 0 aromatic carbocycles. The van der Waals surface area contributed by atoms with Crippen LogP contribution < -0.4 is 5.32 Å². The molecule has 2 amide bonds. The number of rotatable bonds is 5. The first-order valence-electron chi connectivity index (χ1n) is 8.44. The number of nitrogens with one attached hydrogen (secondary N) is 1. The standard InChI is InChI=1S/C16H27N3O2/c1-12-11-14(12)16(21)19-9-7-18(8-10-19)6-5-17-15(20)13-3-2-4-13/h12-14H,2-11H2,1H3,(H,17,20)/t12-,14-/m0/s1. The van der Waals surface area contributed by atoms with Crippen LogP contribution in [-0.4, -0.2) is 60.9 Å². The monoisotopic (exact) mass is 293 g/mol. The van der Waals surface area contributed by atoms with Gasteiger partial charge < -0.3 is 10.2 Å². The molecule has 2 atom stereocenters. The number of hydrogen-bond donors (Lipinski definition) is 1. The smallest absolute Gasteiger partial charge is 0.226 e. The predicted molar refractivity (Wildman–Crippen MR) is 80.6 cm³/mol. The second kappa shape index (κ2) is 6.34. The van der Waals surface area contributed by atoms with Crippen molar-refractivity contribution in [1.29, 1.82) is 0 Å². The molecule has 1 N–H and O–H groups in total. The summed E-state index contributed by atoms with van der Waals surface area (Å²) < 4.78 is 0. The van der Waals surface area contributed by atoms with Gasteiger partial charge in [0, 0.05) is 51.1 Å². The van der Waals surface area contributed by atoms with Crippen molar-refractivity contribution < 1.29 is 9.59 Å². The SMILES string of the molecule is C[C@H]1C[C@@H]1C(=O)N1CCN(CCNC(=O)C2CCC2)CC1. The van der Waals surface area contributed by atoms with E-state index in [0.29, 0.717) is 17.7 Å². The highest BCUT2D eigenvalue weighted by Crippen LogP contribution is 2.39. The Balaban J connectivity index is 1.30. The molecule has 1 aliphatic heterocycles. The molecular formula is C16H27N3O2. The normalized spacial score (nSPS) is 29.9. The molecule has 1 saturated heterocycles. The fourth-order valence-electron chi connectivity index (χ4n) is 3.24. The van der Waals surface area contributed by atoms with Crippen LogP contribution in [0.15, 0.2) is 0 Å². The van der Waals surface area contributed by atoms with Crippen molar-refractivity contribution in [2.24, 2.45) is 17.8 Å². The molecule has 0 aromatic heterocycles. The van der Waals surface area contributed by atoms with Gasteiger partial charge in [-0.25, -0.2) is 0 Å². The van der Waals surface area contributed by atoms with Gasteiger partial charge in [0.2, 0.25) is 11.8 Å². The van der Waals surface area contributed by atoms with Gasteiger partial charge in [-0.1, -0.05) is 13.3 Å². The number of carbonyl (C=O) groups is 2. The zero-order valence-electron chi connectivity index (χ0n) is 13.0. The minimum absolute atomic E-state index is 0.234. The van der Waals surface area contributed by atoms with E-state index in [-0.39, 0.29) is 11.8 Å². The molecule has 0 bridgehead atoms. The fourth-order valence-corrected chi connectivity index (χ4v) is 3.24. The Kier molecular flexibility index (Phi) is 4.48. The maximum Gasteiger partial charge on any atom is 0.226 e. The highest BCUT2D eigenvalue weighted by atomic mass is 16.2. The summed E-state index contributed by atoms with van der Waals surface area (Å²) in [5, 5.41) is 3.04. The first-order valence-corrected chi connectivity index (χ1v) is 8.44. The predicted octanol–water partition coefficient (Wildman–Crippen LogP) is 0.703. The van der Waals surface area contributed by atoms with Crippen molar-refractivity contribution in [3.8, 4) is 0 Å². The third kappa shape index (κ3) is 3.57. The molecule has 2 aliphatic carbocycles. The van der Waals surface area contributed by atoms with Crippen molar-refractivity contribution in [2.75, 3.05) is 39.3 Å². The summed E-state index contributed by atoms with van der Waals surface area (Å²) in [5.41, 5.74) is 0. The van der Waals surface area contributed by atoms with Crippen LogP contribution in [0.1, 0.15) is 32.6 Å². The second-order valence-electron chi connectivity index (χ2n) is 6.91. The van der Waals surface area contributed by atoms with Crippen LogP contribution in [0.25, 0.3) is 0 Å². The van der Waals surface area contributed by atoms with Gasteiger partial charge in [-0.15, -0.1) is 0 Å². The van der Waals surface area contributed by atoms with E-state index < -0.39 is 0 Å². The molecule has 0 spiro atoms. The third-order valence-electron chi connectivity index (χ3n) is 5.31. The van der Waals surface area contributed by atoms with Crippen LogP contribution in [0.2, 0.25) is 0 Å². The van der Waals surface area contributed by atoms with E-state index in [1.807, 2.05) is 4.90 Å². The van der Waals surface area contributed by atoms with Gasteiger partial charge >= 0.3 is 0 Å². The average Bonchev–Trinajstić information content (AvgIpc) is 3.14. The van der Waals surface area contributed by atoms with Crippen LogP contribution in [0.3, 0.4) is 0 Å². The van der Waals surface area contributed by atoms with Crippen molar-refractivity contribution in [3.63, 3.8) is 0 Å². The third-order valence-corrected chi connectivity index (χ3v) is 5.31. The van der Waals surface area contributed by atoms with Crippen molar-refractivity contribution >= 4 is 11.8 Å². The molecule has 5 heteroatoms. The van der Waals surface area contributed by atoms with Gasteiger partial charge in [-0.05, 0) is 25.2 Å². The highest BCUT2D eigenvalue weighted by Gasteiger charge is 2.41. The van der Waals surface area contributed by atoms with Crippen LogP contribution >= 0.6 is 0 Å². The van der Waals surface area contributed by atoms with Gasteiger partial charge in [-0.3, -0.25) is 14.5 Å². The first-order chi connectivity index (χ1) is 10.1. The highest BCUT2D eigenvalue weighted by molar-refractivity contribution is 5.81. The summed E-state index contributed by atoms with van der Waals surface area (Å²) in [6.07, 6.45) is 4.40. The van der Waals surface area contributed by atoms with Gasteiger partial charge in [0.1, 0.15) is 0 Å². The molecule has 0 radical (unpaired) electrons. The number of piperazine rings is 1. The summed E-state index contributed by atoms with van der Waals surface area (Å²) in [6.45, 7) is 7.36. The lowest BCUT2D eigenvalue weighted by molar-refractivity contribution is -0.134. The molecule has 0 aromatic rings. The van der Waals surface area contributed by atoms with Gasteiger partial charge in [0.15, 0.2) is 0 Å². The van der Waals surface area contributed by atoms with E-state index in [4.69, 9.17) is 0 Å². The minimum Gasteiger partial charge on any atom is -0.355 e. The quantitative estimate of drug-likeness (QED) is 0.812. The molecule has 3 fully saturated rings. The summed E-state index contributed by atoms with van der Waals surface area (Å²) >= 11 is 0. The molecule has 3 aliphatic rings. The Hall–Kier alpha value is -1.10. The molecule has 5 nitrogen and oxygen atoms in total. The zero-order chi connectivity index (χ0) is 14.8. The van der Waals surface area contributed by atoms with Crippen LogP contribution in [-0.2, 0) is 9.59 Å². The largest absolute Gasteiger partial charge is 0.355 e. The second-order valence-corrected chi connectivity index (χ2v) is 6.91. The zero-order valence-corrected chi connectivity index (χ0v) is 13.0.